The number of hydrogen-bond donors (Lipinski definition) is 3. The summed E-state index contributed by atoms with van der Waals surface area (Å²) >= 11 is 0. The zero-order valence-electron chi connectivity index (χ0n) is 12.4. The Balaban J connectivity index is 2.29. The van der Waals surface area contributed by atoms with E-state index in [0.717, 1.165) is 0 Å². The molecule has 6 nitrogen and oxygen atoms in total. The van der Waals surface area contributed by atoms with Gasteiger partial charge in [-0.3, -0.25) is 9.59 Å². The summed E-state index contributed by atoms with van der Waals surface area (Å²) in [6.07, 6.45) is 2.34. The average molecular weight is 286 g/mol. The average Bonchev–Trinajstić information content (AvgIpc) is 2.47. The van der Waals surface area contributed by atoms with E-state index in [0.29, 0.717) is 45.3 Å². The van der Waals surface area contributed by atoms with Crippen molar-refractivity contribution in [3.05, 3.63) is 0 Å². The molecule has 0 aromatic carbocycles. The van der Waals surface area contributed by atoms with Crippen LogP contribution in [-0.4, -0.2) is 58.8 Å². The molecule has 0 spiro atoms. The van der Waals surface area contributed by atoms with Gasteiger partial charge in [0.05, 0.1) is 18.1 Å². The van der Waals surface area contributed by atoms with Gasteiger partial charge in [0.1, 0.15) is 0 Å². The summed E-state index contributed by atoms with van der Waals surface area (Å²) in [7, 11) is 0. The monoisotopic (exact) mass is 286 g/mol. The third-order valence-corrected chi connectivity index (χ3v) is 4.24. The van der Waals surface area contributed by atoms with Crippen molar-refractivity contribution >= 4 is 11.9 Å². The molecule has 0 radical (unpaired) electrons. The number of aliphatic hydroxyl groups is 1. The number of carbonyl (C=O) groups is 2. The summed E-state index contributed by atoms with van der Waals surface area (Å²) < 4.78 is 0. The number of carbonyl (C=O) groups excluding carboxylic acids is 1. The fraction of sp³-hybridized carbons (Fsp3) is 0.857. The maximum atomic E-state index is 12.0. The lowest BCUT2D eigenvalue weighted by molar-refractivity contribution is -0.145. The molecule has 1 heterocycles. The van der Waals surface area contributed by atoms with Gasteiger partial charge in [-0.05, 0) is 25.7 Å². The molecule has 3 N–H and O–H groups in total. The van der Waals surface area contributed by atoms with E-state index in [1.54, 1.807) is 4.90 Å². The molecule has 6 heteroatoms. The summed E-state index contributed by atoms with van der Waals surface area (Å²) in [6.45, 7) is 5.44. The lowest BCUT2D eigenvalue weighted by atomic mass is 9.97. The lowest BCUT2D eigenvalue weighted by Gasteiger charge is -2.31. The first-order chi connectivity index (χ1) is 9.41. The fourth-order valence-corrected chi connectivity index (χ4v) is 2.39. The zero-order chi connectivity index (χ0) is 15.2. The van der Waals surface area contributed by atoms with Crippen molar-refractivity contribution in [1.29, 1.82) is 0 Å². The van der Waals surface area contributed by atoms with Gasteiger partial charge in [0.25, 0.3) is 0 Å². The van der Waals surface area contributed by atoms with Crippen LogP contribution < -0.4 is 5.32 Å². The van der Waals surface area contributed by atoms with Crippen LogP contribution in [0.2, 0.25) is 0 Å². The van der Waals surface area contributed by atoms with Crippen molar-refractivity contribution in [2.75, 3.05) is 26.2 Å². The van der Waals surface area contributed by atoms with Gasteiger partial charge in [-0.15, -0.1) is 0 Å². The second kappa shape index (κ2) is 7.59. The number of aliphatic carboxylic acids is 1. The van der Waals surface area contributed by atoms with Gasteiger partial charge in [0.15, 0.2) is 0 Å². The van der Waals surface area contributed by atoms with Crippen molar-refractivity contribution in [2.24, 2.45) is 5.92 Å². The predicted molar refractivity (Wildman–Crippen MR) is 75.3 cm³/mol. The van der Waals surface area contributed by atoms with Crippen LogP contribution >= 0.6 is 0 Å². The van der Waals surface area contributed by atoms with Crippen LogP contribution in [0.25, 0.3) is 0 Å². The third kappa shape index (κ3) is 4.76. The highest BCUT2D eigenvalue weighted by Gasteiger charge is 2.27. The molecule has 0 unspecified atom stereocenters. The van der Waals surface area contributed by atoms with E-state index in [1.807, 2.05) is 13.8 Å². The summed E-state index contributed by atoms with van der Waals surface area (Å²) in [5.74, 6) is -1.12. The Bertz CT molecular complexity index is 334. The number of hydrogen-bond acceptors (Lipinski definition) is 4. The quantitative estimate of drug-likeness (QED) is 0.632. The SMILES string of the molecule is CCC(O)(CC)CNCC(=O)N1CCC(C(=O)O)CC1. The normalized spacial score (nSPS) is 17.2. The maximum Gasteiger partial charge on any atom is 0.306 e. The predicted octanol–water partition coefficient (Wildman–Crippen LogP) is 0.450. The van der Waals surface area contributed by atoms with Crippen molar-refractivity contribution in [2.45, 2.75) is 45.1 Å². The number of carboxylic acids is 1. The minimum Gasteiger partial charge on any atom is -0.481 e. The van der Waals surface area contributed by atoms with Gasteiger partial charge in [-0.1, -0.05) is 13.8 Å². The van der Waals surface area contributed by atoms with Crippen LogP contribution in [-0.2, 0) is 9.59 Å². The largest absolute Gasteiger partial charge is 0.481 e. The summed E-state index contributed by atoms with van der Waals surface area (Å²) in [5, 5.41) is 22.0. The molecule has 1 aliphatic rings. The Labute approximate surface area is 120 Å². The molecule has 1 rings (SSSR count). The summed E-state index contributed by atoms with van der Waals surface area (Å²) in [5.41, 5.74) is -0.753. The Morgan fingerprint density at radius 1 is 1.25 bits per heavy atom. The standard InChI is InChI=1S/C14H26N2O4/c1-3-14(20,4-2)10-15-9-12(17)16-7-5-11(6-8-16)13(18)19/h11,15,20H,3-10H2,1-2H3,(H,18,19). The summed E-state index contributed by atoms with van der Waals surface area (Å²) in [4.78, 5) is 24.5. The highest BCUT2D eigenvalue weighted by molar-refractivity contribution is 5.78. The highest BCUT2D eigenvalue weighted by Crippen LogP contribution is 2.17. The van der Waals surface area contributed by atoms with Crippen LogP contribution in [0.15, 0.2) is 0 Å². The van der Waals surface area contributed by atoms with Crippen molar-refractivity contribution in [3.8, 4) is 0 Å². The van der Waals surface area contributed by atoms with Crippen LogP contribution in [0, 0.1) is 5.92 Å². The van der Waals surface area contributed by atoms with Crippen molar-refractivity contribution in [3.63, 3.8) is 0 Å². The van der Waals surface area contributed by atoms with Gasteiger partial charge < -0.3 is 20.4 Å². The second-order valence-corrected chi connectivity index (χ2v) is 5.53. The molecule has 1 fully saturated rings. The van der Waals surface area contributed by atoms with Crippen LogP contribution in [0.4, 0.5) is 0 Å². The topological polar surface area (TPSA) is 89.9 Å². The van der Waals surface area contributed by atoms with E-state index >= 15 is 0 Å². The third-order valence-electron chi connectivity index (χ3n) is 4.24. The minimum atomic E-state index is -0.772. The smallest absolute Gasteiger partial charge is 0.306 e. The number of nitrogens with zero attached hydrogens (tertiary/aromatic N) is 1. The number of amides is 1. The van der Waals surface area contributed by atoms with Gasteiger partial charge >= 0.3 is 5.97 Å². The Hall–Kier alpha value is -1.14. The molecule has 1 aliphatic heterocycles. The molecule has 0 aromatic rings. The lowest BCUT2D eigenvalue weighted by Crippen LogP contribution is -2.47. The molecule has 0 aromatic heterocycles. The molecule has 20 heavy (non-hydrogen) atoms. The van der Waals surface area contributed by atoms with Crippen LogP contribution in [0.5, 0.6) is 0 Å². The number of piperidine rings is 1. The first-order valence-electron chi connectivity index (χ1n) is 7.35. The molecule has 116 valence electrons. The number of carboxylic acid groups (broad SMARTS) is 1. The van der Waals surface area contributed by atoms with E-state index in [2.05, 4.69) is 5.32 Å². The van der Waals surface area contributed by atoms with Crippen LogP contribution in [0.1, 0.15) is 39.5 Å². The van der Waals surface area contributed by atoms with E-state index in [-0.39, 0.29) is 18.4 Å². The van der Waals surface area contributed by atoms with E-state index in [1.165, 1.54) is 0 Å². The maximum absolute atomic E-state index is 12.0. The molecular formula is C14H26N2O4. The molecule has 0 atom stereocenters. The molecule has 0 aliphatic carbocycles. The first kappa shape index (κ1) is 16.9. The van der Waals surface area contributed by atoms with Crippen LogP contribution in [0.3, 0.4) is 0 Å². The second-order valence-electron chi connectivity index (χ2n) is 5.53. The Morgan fingerprint density at radius 2 is 1.80 bits per heavy atom. The molecule has 0 bridgehead atoms. The van der Waals surface area contributed by atoms with Gasteiger partial charge in [-0.25, -0.2) is 0 Å². The summed E-state index contributed by atoms with van der Waals surface area (Å²) in [6, 6.07) is 0. The number of nitrogens with one attached hydrogen (secondary N) is 1. The van der Waals surface area contributed by atoms with Gasteiger partial charge in [-0.2, -0.15) is 0 Å². The Morgan fingerprint density at radius 3 is 2.25 bits per heavy atom. The number of likely N-dealkylation sites (tertiary alicyclic amines) is 1. The van der Waals surface area contributed by atoms with Gasteiger partial charge in [0.2, 0.25) is 5.91 Å². The minimum absolute atomic E-state index is 0.0246. The Kier molecular flexibility index (Phi) is 6.42. The highest BCUT2D eigenvalue weighted by atomic mass is 16.4. The van der Waals surface area contributed by atoms with E-state index in [4.69, 9.17) is 5.11 Å². The number of rotatable bonds is 7. The molecular weight excluding hydrogens is 260 g/mol. The van der Waals surface area contributed by atoms with Crippen molar-refractivity contribution < 1.29 is 19.8 Å². The molecule has 1 amide bonds. The van der Waals surface area contributed by atoms with Gasteiger partial charge in [0, 0.05) is 19.6 Å². The fourth-order valence-electron chi connectivity index (χ4n) is 2.39. The van der Waals surface area contributed by atoms with E-state index in [9.17, 15) is 14.7 Å². The zero-order valence-corrected chi connectivity index (χ0v) is 12.4. The molecule has 1 saturated heterocycles. The first-order valence-corrected chi connectivity index (χ1v) is 7.35. The van der Waals surface area contributed by atoms with Crippen molar-refractivity contribution in [1.82, 2.24) is 10.2 Å². The van der Waals surface area contributed by atoms with E-state index < -0.39 is 11.6 Å². The molecule has 0 saturated carbocycles.